The van der Waals surface area contributed by atoms with Crippen LogP contribution >= 0.6 is 0 Å². The van der Waals surface area contributed by atoms with Crippen molar-refractivity contribution in [1.82, 2.24) is 30.2 Å². The summed E-state index contributed by atoms with van der Waals surface area (Å²) in [5, 5.41) is 12.2. The van der Waals surface area contributed by atoms with Crippen LogP contribution in [0.15, 0.2) is 42.9 Å². The third-order valence-corrected chi connectivity index (χ3v) is 7.52. The number of rotatable bonds is 14. The number of alkyl carbamates (subject to hydrolysis) is 1. The average Bonchev–Trinajstić information content (AvgIpc) is 3.23. The fourth-order valence-electron chi connectivity index (χ4n) is 5.03. The van der Waals surface area contributed by atoms with E-state index in [1.165, 1.54) is 4.90 Å². The van der Waals surface area contributed by atoms with E-state index in [1.54, 1.807) is 57.6 Å². The molecule has 14 heteroatoms. The first-order valence-corrected chi connectivity index (χ1v) is 15.3. The van der Waals surface area contributed by atoms with Crippen molar-refractivity contribution in [2.75, 3.05) is 42.5 Å². The zero-order chi connectivity index (χ0) is 34.2. The Balaban J connectivity index is 0.00000625. The quantitative estimate of drug-likeness (QED) is 0.115. The molecular weight excluding hydrogens is 605 g/mol. The van der Waals surface area contributed by atoms with Crippen LogP contribution in [0.4, 0.5) is 16.6 Å². The number of carbonyl (C=O) groups excluding carboxylic acids is 3. The van der Waals surface area contributed by atoms with Gasteiger partial charge in [-0.1, -0.05) is 6.07 Å². The number of fused-ring (bicyclic) bond motifs is 1. The first kappa shape index (κ1) is 37.9. The molecule has 248 valence electrons. The van der Waals surface area contributed by atoms with Gasteiger partial charge < -0.3 is 36.5 Å². The fraction of sp³-hybridized carbons (Fsp3) is 0.412. The monoisotopic (exact) mass is 645 g/mol. The van der Waals surface area contributed by atoms with E-state index in [4.69, 9.17) is 9.72 Å². The Morgan fingerprint density at radius 3 is 2.56 bits per heavy atom. The minimum absolute atomic E-state index is 0. The van der Waals surface area contributed by atoms with Crippen LogP contribution in [0.25, 0.3) is 11.3 Å². The van der Waals surface area contributed by atoms with Crippen molar-refractivity contribution in [2.45, 2.75) is 58.7 Å². The van der Waals surface area contributed by atoms with Crippen molar-refractivity contribution in [3.05, 3.63) is 73.0 Å². The van der Waals surface area contributed by atoms with E-state index >= 15 is 0 Å². The topological polar surface area (TPSA) is 158 Å². The van der Waals surface area contributed by atoms with Crippen LogP contribution in [0.2, 0.25) is 0 Å². The van der Waals surface area contributed by atoms with Gasteiger partial charge >= 0.3 is 25.0 Å². The van der Waals surface area contributed by atoms with Gasteiger partial charge in [-0.05, 0) is 65.8 Å². The Bertz CT molecular complexity index is 1620. The van der Waals surface area contributed by atoms with Crippen LogP contribution in [0.5, 0.6) is 0 Å². The number of aromatic nitrogens is 4. The van der Waals surface area contributed by atoms with E-state index in [9.17, 15) is 19.6 Å². The molecule has 3 aromatic heterocycles. The third kappa shape index (κ3) is 9.30. The molecule has 0 saturated heterocycles. The largest absolute Gasteiger partial charge is 1.00 e. The number of anilines is 2. The summed E-state index contributed by atoms with van der Waals surface area (Å²) in [6, 6.07) is 9.26. The molecular formula is C34H40LiN9O4-2. The standard InChI is InChI=1S/C34H40N9O4.Li/c1-7-42(18-10-17-41(23-44)16-9-15-37-32(46)47-33(2,3)4)31-38-20-25(21-39-31)27-13-12-26-29(45)34(5,6)43(30(26)40-27)22-24-11-8-14-36-28(24)19-35;/h8,10-14,20-21H,1,7,9,15-18,22H2,2-6H3,(H,37,46);/q-3;+1. The summed E-state index contributed by atoms with van der Waals surface area (Å²) < 4.78 is 5.21. The van der Waals surface area contributed by atoms with Gasteiger partial charge in [0, 0.05) is 42.8 Å². The Morgan fingerprint density at radius 1 is 1.19 bits per heavy atom. The number of nitriles is 1. The van der Waals surface area contributed by atoms with E-state index in [2.05, 4.69) is 33.3 Å². The summed E-state index contributed by atoms with van der Waals surface area (Å²) in [7, 11) is 0. The fourth-order valence-corrected chi connectivity index (χ4v) is 5.03. The van der Waals surface area contributed by atoms with Crippen LogP contribution < -0.4 is 34.0 Å². The van der Waals surface area contributed by atoms with Gasteiger partial charge in [-0.3, -0.25) is 11.2 Å². The van der Waals surface area contributed by atoms with E-state index in [0.29, 0.717) is 85.5 Å². The molecule has 0 aromatic carbocycles. The van der Waals surface area contributed by atoms with Gasteiger partial charge in [0.25, 0.3) is 0 Å². The minimum atomic E-state index is -0.865. The number of ether oxygens (including phenoxy) is 1. The number of Topliss-reactive ketones (excluding diaryl/α,β-unsaturated/α-hetero) is 1. The Hall–Kier alpha value is -4.52. The molecule has 0 aliphatic carbocycles. The molecule has 0 fully saturated rings. The Labute approximate surface area is 294 Å². The maximum absolute atomic E-state index is 13.3. The second-order valence-corrected chi connectivity index (χ2v) is 12.5. The summed E-state index contributed by atoms with van der Waals surface area (Å²) in [5.41, 5.74) is 1.36. The summed E-state index contributed by atoms with van der Waals surface area (Å²) in [5.74, 6) is 0.939. The number of pyridine rings is 2. The molecule has 0 radical (unpaired) electrons. The third-order valence-electron chi connectivity index (χ3n) is 7.52. The Kier molecular flexibility index (Phi) is 13.1. The first-order valence-electron chi connectivity index (χ1n) is 15.3. The Morgan fingerprint density at radius 2 is 1.92 bits per heavy atom. The second kappa shape index (κ2) is 16.5. The molecule has 0 saturated carbocycles. The van der Waals surface area contributed by atoms with Crippen LogP contribution in [0.1, 0.15) is 62.7 Å². The van der Waals surface area contributed by atoms with Gasteiger partial charge in [0.05, 0.1) is 16.8 Å². The SMILES string of the molecule is [CH2-]CN(C[CH-]CN([C-]=O)CCCNC(=O)OC(C)(C)C)c1ncc(-c2ccc3c(n2)N(Cc2cccnc2C#N)C(C)(C)C3=O)cn1.[Li+]. The molecule has 3 aromatic rings. The maximum atomic E-state index is 13.3. The van der Waals surface area contributed by atoms with Gasteiger partial charge in [0.15, 0.2) is 5.78 Å². The summed E-state index contributed by atoms with van der Waals surface area (Å²) in [6.07, 6.45) is 8.80. The van der Waals surface area contributed by atoms with Crippen molar-refractivity contribution >= 4 is 30.1 Å². The number of amides is 2. The number of hydrogen-bond acceptors (Lipinski definition) is 11. The number of nitrogens with one attached hydrogen (secondary N) is 1. The molecule has 0 atom stereocenters. The summed E-state index contributed by atoms with van der Waals surface area (Å²) in [4.78, 5) is 59.9. The maximum Gasteiger partial charge on any atom is 1.00 e. The molecule has 13 nitrogen and oxygen atoms in total. The molecule has 4 rings (SSSR count). The predicted octanol–water partition coefficient (Wildman–Crippen LogP) is 0.920. The van der Waals surface area contributed by atoms with Crippen molar-refractivity contribution in [3.63, 3.8) is 0 Å². The van der Waals surface area contributed by atoms with E-state index in [1.807, 2.05) is 42.5 Å². The minimum Gasteiger partial charge on any atom is -0.542 e. The van der Waals surface area contributed by atoms with Gasteiger partial charge in [0.2, 0.25) is 5.95 Å². The molecule has 0 unspecified atom stereocenters. The molecule has 4 heterocycles. The van der Waals surface area contributed by atoms with Crippen LogP contribution in [0, 0.1) is 24.7 Å². The number of hydrogen-bond donors (Lipinski definition) is 1. The van der Waals surface area contributed by atoms with E-state index in [-0.39, 0.29) is 24.6 Å². The number of nitrogens with zero attached hydrogens (tertiary/aromatic N) is 8. The first-order chi connectivity index (χ1) is 22.4. The van der Waals surface area contributed by atoms with E-state index in [0.717, 1.165) is 0 Å². The average molecular weight is 646 g/mol. The molecule has 2 amide bonds. The summed E-state index contributed by atoms with van der Waals surface area (Å²) >= 11 is 0. The molecule has 1 aliphatic rings. The van der Waals surface area contributed by atoms with Crippen molar-refractivity contribution in [3.8, 4) is 17.3 Å². The molecule has 0 spiro atoms. The predicted molar refractivity (Wildman–Crippen MR) is 177 cm³/mol. The van der Waals surface area contributed by atoms with E-state index < -0.39 is 17.2 Å². The second-order valence-electron chi connectivity index (χ2n) is 12.5. The van der Waals surface area contributed by atoms with Crippen molar-refractivity contribution in [2.24, 2.45) is 0 Å². The van der Waals surface area contributed by atoms with Crippen LogP contribution in [-0.4, -0.2) is 87.0 Å². The normalized spacial score (nSPS) is 13.2. The van der Waals surface area contributed by atoms with Crippen LogP contribution in [0.3, 0.4) is 0 Å². The zero-order valence-corrected chi connectivity index (χ0v) is 28.5. The van der Waals surface area contributed by atoms with Gasteiger partial charge in [-0.25, -0.2) is 24.7 Å². The molecule has 48 heavy (non-hydrogen) atoms. The molecule has 1 N–H and O–H groups in total. The number of ketones is 1. The van der Waals surface area contributed by atoms with Crippen molar-refractivity contribution in [1.29, 1.82) is 5.26 Å². The summed E-state index contributed by atoms with van der Waals surface area (Å²) in [6.45, 7) is 15.3. The van der Waals surface area contributed by atoms with Gasteiger partial charge in [-0.15, -0.1) is 19.6 Å². The zero-order valence-electron chi connectivity index (χ0n) is 28.5. The van der Waals surface area contributed by atoms with Gasteiger partial charge in [-0.2, -0.15) is 11.7 Å². The molecule has 0 bridgehead atoms. The van der Waals surface area contributed by atoms with Crippen molar-refractivity contribution < 1.29 is 38.0 Å². The molecule has 1 aliphatic heterocycles. The smallest absolute Gasteiger partial charge is 0.542 e. The van der Waals surface area contributed by atoms with Crippen LogP contribution in [-0.2, 0) is 16.1 Å². The van der Waals surface area contributed by atoms with Gasteiger partial charge in [0.1, 0.15) is 23.2 Å². The number of carbonyl (C=O) groups is 2.